The number of carbonyl (C=O) groups excluding carboxylic acids is 4. The van der Waals surface area contributed by atoms with Crippen molar-refractivity contribution in [1.82, 2.24) is 0 Å². The lowest BCUT2D eigenvalue weighted by atomic mass is 10.1. The van der Waals surface area contributed by atoms with Crippen molar-refractivity contribution in [3.8, 4) is 0 Å². The molecule has 0 spiro atoms. The number of hydrogen-bond donors (Lipinski definition) is 2. The maximum atomic E-state index is 12.9. The fourth-order valence-corrected chi connectivity index (χ4v) is 3.77. The van der Waals surface area contributed by atoms with Crippen molar-refractivity contribution >= 4 is 64.0 Å². The van der Waals surface area contributed by atoms with Gasteiger partial charge in [-0.15, -0.1) is 0 Å². The van der Waals surface area contributed by atoms with Crippen LogP contribution in [0.4, 0.5) is 17.1 Å². The maximum absolute atomic E-state index is 12.9. The molecule has 0 fully saturated rings. The molecule has 8 nitrogen and oxygen atoms in total. The van der Waals surface area contributed by atoms with Gasteiger partial charge in [0.15, 0.2) is 0 Å². The number of carbonyl (C=O) groups is 4. The van der Waals surface area contributed by atoms with Gasteiger partial charge >= 0.3 is 5.97 Å². The Labute approximate surface area is 216 Å². The van der Waals surface area contributed by atoms with Gasteiger partial charge in [-0.3, -0.25) is 14.4 Å². The first-order valence-corrected chi connectivity index (χ1v) is 11.5. The van der Waals surface area contributed by atoms with Crippen molar-refractivity contribution in [3.63, 3.8) is 0 Å². The number of esters is 1. The summed E-state index contributed by atoms with van der Waals surface area (Å²) in [5.74, 6) is -2.16. The summed E-state index contributed by atoms with van der Waals surface area (Å²) in [4.78, 5) is 51.0. The van der Waals surface area contributed by atoms with Crippen LogP contribution in [-0.2, 0) is 14.3 Å². The molecule has 1 aliphatic heterocycles. The lowest BCUT2D eigenvalue weighted by molar-refractivity contribution is -0.120. The van der Waals surface area contributed by atoms with Crippen molar-refractivity contribution in [2.24, 2.45) is 0 Å². The summed E-state index contributed by atoms with van der Waals surface area (Å²) >= 11 is 12.0. The van der Waals surface area contributed by atoms with Gasteiger partial charge in [0.1, 0.15) is 10.7 Å². The molecule has 0 aliphatic carbocycles. The molecule has 0 bridgehead atoms. The van der Waals surface area contributed by atoms with E-state index in [1.54, 1.807) is 73.7 Å². The van der Waals surface area contributed by atoms with Crippen molar-refractivity contribution < 1.29 is 23.9 Å². The summed E-state index contributed by atoms with van der Waals surface area (Å²) in [6, 6.07) is 18.8. The van der Waals surface area contributed by atoms with Crippen LogP contribution >= 0.6 is 23.2 Å². The Hall–Kier alpha value is -4.14. The zero-order valence-corrected chi connectivity index (χ0v) is 20.4. The van der Waals surface area contributed by atoms with Crippen molar-refractivity contribution in [2.45, 2.75) is 6.92 Å². The van der Waals surface area contributed by atoms with E-state index in [1.807, 2.05) is 0 Å². The van der Waals surface area contributed by atoms with Crippen LogP contribution in [0.1, 0.15) is 27.6 Å². The largest absolute Gasteiger partial charge is 0.462 e. The first kappa shape index (κ1) is 25.0. The zero-order chi connectivity index (χ0) is 25.8. The van der Waals surface area contributed by atoms with E-state index in [2.05, 4.69) is 10.6 Å². The molecule has 3 amide bonds. The molecule has 10 heteroatoms. The van der Waals surface area contributed by atoms with E-state index in [1.165, 1.54) is 6.07 Å². The third kappa shape index (κ3) is 5.25. The first-order chi connectivity index (χ1) is 17.3. The topological polar surface area (TPSA) is 105 Å². The average molecular weight is 524 g/mol. The van der Waals surface area contributed by atoms with E-state index in [-0.39, 0.29) is 17.3 Å². The van der Waals surface area contributed by atoms with E-state index in [0.717, 1.165) is 4.90 Å². The number of nitrogens with zero attached hydrogens (tertiary/aromatic N) is 1. The van der Waals surface area contributed by atoms with Crippen molar-refractivity contribution in [2.75, 3.05) is 22.1 Å². The second kappa shape index (κ2) is 10.6. The van der Waals surface area contributed by atoms with E-state index in [4.69, 9.17) is 27.9 Å². The summed E-state index contributed by atoms with van der Waals surface area (Å²) in [6.45, 7) is 1.96. The standard InChI is InChI=1S/C26H19Cl2N3O5/c1-2-36-26(35)16-4-3-5-19(14-16)30-23(32)15-6-10-18(11-7-15)29-22-21(28)24(33)31(25(22)34)20-12-8-17(27)9-13-20/h3-14,29H,2H2,1H3,(H,30,32). The molecule has 3 aromatic carbocycles. The molecule has 0 radical (unpaired) electrons. The van der Waals surface area contributed by atoms with E-state index in [9.17, 15) is 19.2 Å². The fraction of sp³-hybridized carbons (Fsp3) is 0.0769. The summed E-state index contributed by atoms with van der Waals surface area (Å²) < 4.78 is 4.97. The number of amides is 3. The molecule has 182 valence electrons. The van der Waals surface area contributed by atoms with Gasteiger partial charge in [0.25, 0.3) is 17.7 Å². The van der Waals surface area contributed by atoms with Gasteiger partial charge in [0.2, 0.25) is 0 Å². The number of nitrogens with one attached hydrogen (secondary N) is 2. The van der Waals surface area contributed by atoms with Gasteiger partial charge in [0.05, 0.1) is 17.9 Å². The monoisotopic (exact) mass is 523 g/mol. The molecule has 0 saturated heterocycles. The lowest BCUT2D eigenvalue weighted by Crippen LogP contribution is -2.32. The predicted octanol–water partition coefficient (Wildman–Crippen LogP) is 5.20. The lowest BCUT2D eigenvalue weighted by Gasteiger charge is -2.15. The Kier molecular flexibility index (Phi) is 7.38. The van der Waals surface area contributed by atoms with Crippen LogP contribution in [0.3, 0.4) is 0 Å². The number of benzene rings is 3. The van der Waals surface area contributed by atoms with Crippen LogP contribution in [0.2, 0.25) is 5.02 Å². The van der Waals surface area contributed by atoms with Crippen LogP contribution in [0.5, 0.6) is 0 Å². The summed E-state index contributed by atoms with van der Waals surface area (Å²) in [6.07, 6.45) is 0. The molecule has 1 heterocycles. The number of imide groups is 1. The van der Waals surface area contributed by atoms with Gasteiger partial charge in [-0.1, -0.05) is 29.3 Å². The van der Waals surface area contributed by atoms with Crippen LogP contribution in [0, 0.1) is 0 Å². The second-order valence-corrected chi connectivity index (χ2v) is 8.38. The van der Waals surface area contributed by atoms with E-state index >= 15 is 0 Å². The minimum Gasteiger partial charge on any atom is -0.462 e. The predicted molar refractivity (Wildman–Crippen MR) is 137 cm³/mol. The van der Waals surface area contributed by atoms with Gasteiger partial charge in [-0.25, -0.2) is 9.69 Å². The number of anilines is 3. The number of ether oxygens (including phenoxy) is 1. The third-order valence-electron chi connectivity index (χ3n) is 5.16. The SMILES string of the molecule is CCOC(=O)c1cccc(NC(=O)c2ccc(NC3=C(Cl)C(=O)N(c4ccc(Cl)cc4)C3=O)cc2)c1. The maximum Gasteiger partial charge on any atom is 0.338 e. The average Bonchev–Trinajstić information content (AvgIpc) is 3.08. The quantitative estimate of drug-likeness (QED) is 0.325. The third-order valence-corrected chi connectivity index (χ3v) is 5.76. The summed E-state index contributed by atoms with van der Waals surface area (Å²) in [5, 5.41) is 5.79. The molecular weight excluding hydrogens is 505 g/mol. The van der Waals surface area contributed by atoms with E-state index in [0.29, 0.717) is 33.2 Å². The van der Waals surface area contributed by atoms with Crippen molar-refractivity contribution in [3.05, 3.63) is 99.7 Å². The van der Waals surface area contributed by atoms with Crippen LogP contribution in [0.15, 0.2) is 83.5 Å². The minimum atomic E-state index is -0.660. The highest BCUT2D eigenvalue weighted by atomic mass is 35.5. The Morgan fingerprint density at radius 1 is 0.861 bits per heavy atom. The van der Waals surface area contributed by atoms with Gasteiger partial charge in [0, 0.05) is 22.0 Å². The minimum absolute atomic E-state index is 0.0791. The molecule has 4 rings (SSSR count). The highest BCUT2D eigenvalue weighted by Crippen LogP contribution is 2.30. The smallest absolute Gasteiger partial charge is 0.338 e. The molecule has 0 aromatic heterocycles. The zero-order valence-electron chi connectivity index (χ0n) is 18.9. The fourth-order valence-electron chi connectivity index (χ4n) is 3.43. The highest BCUT2D eigenvalue weighted by Gasteiger charge is 2.38. The normalized spacial score (nSPS) is 13.1. The molecule has 3 aromatic rings. The summed E-state index contributed by atoms with van der Waals surface area (Å²) in [5.41, 5.74) is 1.79. The molecule has 0 saturated carbocycles. The van der Waals surface area contributed by atoms with Crippen LogP contribution < -0.4 is 15.5 Å². The molecule has 0 unspecified atom stereocenters. The Balaban J connectivity index is 1.44. The van der Waals surface area contributed by atoms with Gasteiger partial charge < -0.3 is 15.4 Å². The molecular formula is C26H19Cl2N3O5. The second-order valence-electron chi connectivity index (χ2n) is 7.57. The Morgan fingerprint density at radius 2 is 1.56 bits per heavy atom. The van der Waals surface area contributed by atoms with Crippen LogP contribution in [-0.4, -0.2) is 30.3 Å². The summed E-state index contributed by atoms with van der Waals surface area (Å²) in [7, 11) is 0. The molecule has 0 atom stereocenters. The van der Waals surface area contributed by atoms with Crippen molar-refractivity contribution in [1.29, 1.82) is 0 Å². The van der Waals surface area contributed by atoms with Gasteiger partial charge in [-0.05, 0) is 73.7 Å². The first-order valence-electron chi connectivity index (χ1n) is 10.8. The molecule has 36 heavy (non-hydrogen) atoms. The number of rotatable bonds is 7. The molecule has 2 N–H and O–H groups in total. The Morgan fingerprint density at radius 3 is 2.22 bits per heavy atom. The van der Waals surface area contributed by atoms with E-state index < -0.39 is 23.7 Å². The Bertz CT molecular complexity index is 1390. The van der Waals surface area contributed by atoms with Gasteiger partial charge in [-0.2, -0.15) is 0 Å². The molecule has 1 aliphatic rings. The number of halogens is 2. The number of hydrogen-bond acceptors (Lipinski definition) is 6. The van der Waals surface area contributed by atoms with Crippen LogP contribution in [0.25, 0.3) is 0 Å². The highest BCUT2D eigenvalue weighted by molar-refractivity contribution is 6.53.